The molecule has 1 heterocycles. The number of benzene rings is 1. The van der Waals surface area contributed by atoms with E-state index in [1.54, 1.807) is 37.3 Å². The lowest BCUT2D eigenvalue weighted by molar-refractivity contribution is -0.384. The first-order chi connectivity index (χ1) is 11.0. The molecule has 2 aromatic rings. The summed E-state index contributed by atoms with van der Waals surface area (Å²) in [6.45, 7) is 1.99. The quantitative estimate of drug-likeness (QED) is 0.496. The van der Waals surface area contributed by atoms with Crippen molar-refractivity contribution in [1.29, 1.82) is 0 Å². The van der Waals surface area contributed by atoms with Crippen molar-refractivity contribution < 1.29 is 14.5 Å². The van der Waals surface area contributed by atoms with Gasteiger partial charge in [-0.3, -0.25) is 19.9 Å². The molecular weight excluding hydrogens is 298 g/mol. The monoisotopic (exact) mass is 315 g/mol. The van der Waals surface area contributed by atoms with E-state index in [0.717, 1.165) is 0 Å². The highest BCUT2D eigenvalue weighted by Gasteiger charge is 2.16. The molecule has 120 valence electrons. The van der Waals surface area contributed by atoms with Gasteiger partial charge < -0.3 is 10.5 Å². The summed E-state index contributed by atoms with van der Waals surface area (Å²) in [5, 5.41) is 10.9. The molecule has 7 heteroatoms. The maximum absolute atomic E-state index is 11.6. The molecular formula is C16H17N3O4. The van der Waals surface area contributed by atoms with Gasteiger partial charge in [-0.1, -0.05) is 18.2 Å². The standard InChI is InChI=1S/C16H17N3O4/c1-2-23-16(20)14(17)10-12-6-4-8-15(18-12)11-5-3-7-13(9-11)19(21)22/h3-9,14H,2,10,17H2,1H3. The van der Waals surface area contributed by atoms with Crippen LogP contribution in [-0.4, -0.2) is 28.5 Å². The number of nitrogens with zero attached hydrogens (tertiary/aromatic N) is 2. The number of nitro groups is 1. The highest BCUT2D eigenvalue weighted by Crippen LogP contribution is 2.22. The van der Waals surface area contributed by atoms with Gasteiger partial charge in [0.25, 0.3) is 5.69 Å². The van der Waals surface area contributed by atoms with Crippen molar-refractivity contribution in [2.75, 3.05) is 6.61 Å². The number of esters is 1. The average molecular weight is 315 g/mol. The first-order valence-electron chi connectivity index (χ1n) is 7.14. The zero-order chi connectivity index (χ0) is 16.8. The van der Waals surface area contributed by atoms with Gasteiger partial charge in [-0.25, -0.2) is 0 Å². The fourth-order valence-electron chi connectivity index (χ4n) is 2.09. The van der Waals surface area contributed by atoms with Gasteiger partial charge in [0.05, 0.1) is 17.2 Å². The Labute approximate surface area is 133 Å². The van der Waals surface area contributed by atoms with Crippen molar-refractivity contribution in [2.24, 2.45) is 5.73 Å². The van der Waals surface area contributed by atoms with E-state index in [2.05, 4.69) is 4.98 Å². The normalized spacial score (nSPS) is 11.7. The van der Waals surface area contributed by atoms with Crippen LogP contribution in [0.25, 0.3) is 11.3 Å². The molecule has 0 spiro atoms. The van der Waals surface area contributed by atoms with Crippen molar-refractivity contribution in [2.45, 2.75) is 19.4 Å². The molecule has 23 heavy (non-hydrogen) atoms. The molecule has 1 unspecified atom stereocenters. The van der Waals surface area contributed by atoms with Crippen molar-refractivity contribution in [1.82, 2.24) is 4.98 Å². The Morgan fingerprint density at radius 3 is 2.78 bits per heavy atom. The van der Waals surface area contributed by atoms with Gasteiger partial charge in [0, 0.05) is 29.8 Å². The number of ether oxygens (including phenoxy) is 1. The summed E-state index contributed by atoms with van der Waals surface area (Å²) in [5.41, 5.74) is 7.62. The number of nitrogens with two attached hydrogens (primary N) is 1. The molecule has 1 atom stereocenters. The number of carbonyl (C=O) groups is 1. The summed E-state index contributed by atoms with van der Waals surface area (Å²) < 4.78 is 4.87. The molecule has 1 aromatic carbocycles. The zero-order valence-electron chi connectivity index (χ0n) is 12.6. The minimum atomic E-state index is -0.789. The van der Waals surface area contributed by atoms with E-state index in [9.17, 15) is 14.9 Å². The molecule has 0 radical (unpaired) electrons. The predicted molar refractivity (Wildman–Crippen MR) is 84.6 cm³/mol. The van der Waals surface area contributed by atoms with Gasteiger partial charge >= 0.3 is 5.97 Å². The fraction of sp³-hybridized carbons (Fsp3) is 0.250. The average Bonchev–Trinajstić information content (AvgIpc) is 2.55. The highest BCUT2D eigenvalue weighted by molar-refractivity contribution is 5.75. The lowest BCUT2D eigenvalue weighted by Crippen LogP contribution is -2.34. The molecule has 0 fully saturated rings. The topological polar surface area (TPSA) is 108 Å². The number of hydrogen-bond acceptors (Lipinski definition) is 6. The third-order valence-corrected chi connectivity index (χ3v) is 3.18. The van der Waals surface area contributed by atoms with Crippen LogP contribution in [0.4, 0.5) is 5.69 Å². The predicted octanol–water partition coefficient (Wildman–Crippen LogP) is 2.09. The second-order valence-corrected chi connectivity index (χ2v) is 4.88. The summed E-state index contributed by atoms with van der Waals surface area (Å²) in [6.07, 6.45) is 0.238. The minimum Gasteiger partial charge on any atom is -0.465 e. The van der Waals surface area contributed by atoms with Crippen LogP contribution in [-0.2, 0) is 16.0 Å². The lowest BCUT2D eigenvalue weighted by Gasteiger charge is -2.10. The maximum Gasteiger partial charge on any atom is 0.323 e. The minimum absolute atomic E-state index is 0.00192. The van der Waals surface area contributed by atoms with Crippen molar-refractivity contribution in [3.05, 3.63) is 58.3 Å². The van der Waals surface area contributed by atoms with Gasteiger partial charge in [0.2, 0.25) is 0 Å². The van der Waals surface area contributed by atoms with E-state index in [1.165, 1.54) is 12.1 Å². The Morgan fingerprint density at radius 2 is 2.09 bits per heavy atom. The third kappa shape index (κ3) is 4.33. The number of non-ortho nitro benzene ring substituents is 1. The van der Waals surface area contributed by atoms with E-state index >= 15 is 0 Å². The van der Waals surface area contributed by atoms with Crippen LogP contribution in [0.5, 0.6) is 0 Å². The summed E-state index contributed by atoms with van der Waals surface area (Å²) in [4.78, 5) is 26.4. The van der Waals surface area contributed by atoms with E-state index < -0.39 is 16.9 Å². The van der Waals surface area contributed by atoms with Crippen molar-refractivity contribution in [3.63, 3.8) is 0 Å². The van der Waals surface area contributed by atoms with Crippen LogP contribution in [0.1, 0.15) is 12.6 Å². The van der Waals surface area contributed by atoms with Crippen LogP contribution < -0.4 is 5.73 Å². The largest absolute Gasteiger partial charge is 0.465 e. The second kappa shape index (κ2) is 7.46. The maximum atomic E-state index is 11.6. The van der Waals surface area contributed by atoms with Gasteiger partial charge in [-0.15, -0.1) is 0 Å². The van der Waals surface area contributed by atoms with Crippen LogP contribution in [0, 0.1) is 10.1 Å². The fourth-order valence-corrected chi connectivity index (χ4v) is 2.09. The van der Waals surface area contributed by atoms with Crippen LogP contribution in [0.15, 0.2) is 42.5 Å². The number of hydrogen-bond donors (Lipinski definition) is 1. The van der Waals surface area contributed by atoms with Crippen molar-refractivity contribution in [3.8, 4) is 11.3 Å². The molecule has 0 aliphatic carbocycles. The molecule has 0 saturated carbocycles. The van der Waals surface area contributed by atoms with Crippen LogP contribution in [0.2, 0.25) is 0 Å². The first kappa shape index (κ1) is 16.6. The molecule has 2 N–H and O–H groups in total. The lowest BCUT2D eigenvalue weighted by atomic mass is 10.1. The number of rotatable bonds is 6. The van der Waals surface area contributed by atoms with Gasteiger partial charge in [-0.2, -0.15) is 0 Å². The van der Waals surface area contributed by atoms with Crippen molar-refractivity contribution >= 4 is 11.7 Å². The Morgan fingerprint density at radius 1 is 1.35 bits per heavy atom. The Kier molecular flexibility index (Phi) is 5.37. The molecule has 0 aliphatic rings. The highest BCUT2D eigenvalue weighted by atomic mass is 16.6. The molecule has 0 aliphatic heterocycles. The second-order valence-electron chi connectivity index (χ2n) is 4.88. The number of nitro benzene ring substituents is 1. The summed E-state index contributed by atoms with van der Waals surface area (Å²) in [5.74, 6) is -0.477. The van der Waals surface area contributed by atoms with E-state index in [4.69, 9.17) is 10.5 Å². The molecule has 7 nitrogen and oxygen atoms in total. The van der Waals surface area contributed by atoms with E-state index in [-0.39, 0.29) is 18.7 Å². The van der Waals surface area contributed by atoms with E-state index in [0.29, 0.717) is 17.0 Å². The summed E-state index contributed by atoms with van der Waals surface area (Å²) >= 11 is 0. The van der Waals surface area contributed by atoms with E-state index in [1.807, 2.05) is 0 Å². The smallest absolute Gasteiger partial charge is 0.323 e. The summed E-state index contributed by atoms with van der Waals surface area (Å²) in [6, 6.07) is 10.7. The van der Waals surface area contributed by atoms with Gasteiger partial charge in [0.15, 0.2) is 0 Å². The van der Waals surface area contributed by atoms with Crippen LogP contribution in [0.3, 0.4) is 0 Å². The molecule has 2 rings (SSSR count). The SMILES string of the molecule is CCOC(=O)C(N)Cc1cccc(-c2cccc([N+](=O)[O-])c2)n1. The van der Waals surface area contributed by atoms with Crippen LogP contribution >= 0.6 is 0 Å². The third-order valence-electron chi connectivity index (χ3n) is 3.18. The Balaban J connectivity index is 2.21. The number of aromatic nitrogens is 1. The Hall–Kier alpha value is -2.80. The number of pyridine rings is 1. The van der Waals surface area contributed by atoms with Gasteiger partial charge in [-0.05, 0) is 19.1 Å². The Bertz CT molecular complexity index is 718. The zero-order valence-corrected chi connectivity index (χ0v) is 12.6. The molecule has 0 amide bonds. The van der Waals surface area contributed by atoms with Gasteiger partial charge in [0.1, 0.15) is 6.04 Å². The molecule has 0 bridgehead atoms. The number of carbonyl (C=O) groups excluding carboxylic acids is 1. The molecule has 0 saturated heterocycles. The first-order valence-corrected chi connectivity index (χ1v) is 7.14. The summed E-state index contributed by atoms with van der Waals surface area (Å²) in [7, 11) is 0. The molecule has 1 aromatic heterocycles.